The third-order valence-electron chi connectivity index (χ3n) is 5.37. The summed E-state index contributed by atoms with van der Waals surface area (Å²) < 4.78 is 1.91. The van der Waals surface area contributed by atoms with Gasteiger partial charge in [0.1, 0.15) is 0 Å². The lowest BCUT2D eigenvalue weighted by Gasteiger charge is -2.28. The lowest BCUT2D eigenvalue weighted by Crippen LogP contribution is -2.42. The Hall–Kier alpha value is -1.95. The van der Waals surface area contributed by atoms with Crippen molar-refractivity contribution >= 4 is 16.9 Å². The molecule has 0 aliphatic carbocycles. The molecule has 0 aromatic carbocycles. The number of amides is 1. The largest absolute Gasteiger partial charge is 0.331 e. The molecule has 0 spiro atoms. The molecule has 4 heterocycles. The monoisotopic (exact) mass is 327 g/mol. The van der Waals surface area contributed by atoms with Crippen molar-refractivity contribution in [2.45, 2.75) is 58.2 Å². The average molecular weight is 327 g/mol. The predicted octanol–water partition coefficient (Wildman–Crippen LogP) is 2.29. The van der Waals surface area contributed by atoms with Gasteiger partial charge in [-0.1, -0.05) is 0 Å². The summed E-state index contributed by atoms with van der Waals surface area (Å²) in [6.45, 7) is 8.02. The molecule has 2 unspecified atom stereocenters. The van der Waals surface area contributed by atoms with Gasteiger partial charge in [0.05, 0.1) is 17.5 Å². The Morgan fingerprint density at radius 2 is 2.08 bits per heavy atom. The number of pyridine rings is 1. The summed E-state index contributed by atoms with van der Waals surface area (Å²) >= 11 is 0. The number of nitrogens with one attached hydrogen (secondary N) is 1. The SMILES string of the molecule is Cc1nc2c(cnn2C(C)C)cc1C(=O)N1C2CCNCC1CC2. The van der Waals surface area contributed by atoms with Gasteiger partial charge in [-0.3, -0.25) is 4.79 Å². The molecule has 6 heteroatoms. The molecule has 1 amide bonds. The summed E-state index contributed by atoms with van der Waals surface area (Å²) in [6.07, 6.45) is 5.08. The number of hydrogen-bond acceptors (Lipinski definition) is 4. The topological polar surface area (TPSA) is 63.1 Å². The molecular weight excluding hydrogens is 302 g/mol. The quantitative estimate of drug-likeness (QED) is 0.919. The maximum atomic E-state index is 13.2. The van der Waals surface area contributed by atoms with Crippen LogP contribution in [0.25, 0.3) is 11.0 Å². The van der Waals surface area contributed by atoms with Crippen LogP contribution in [0.1, 0.15) is 55.2 Å². The second-order valence-corrected chi connectivity index (χ2v) is 7.31. The standard InChI is InChI=1S/C18H25N5O/c1-11(2)23-17-13(9-20-23)8-16(12(3)21-17)18(24)22-14-4-5-15(22)10-19-7-6-14/h8-9,11,14-15,19H,4-7,10H2,1-3H3. The zero-order chi connectivity index (χ0) is 16.8. The molecule has 2 aromatic rings. The summed E-state index contributed by atoms with van der Waals surface area (Å²) in [7, 11) is 0. The first-order chi connectivity index (χ1) is 11.6. The van der Waals surface area contributed by atoms with E-state index in [0.717, 1.165) is 54.6 Å². The third kappa shape index (κ3) is 2.40. The highest BCUT2D eigenvalue weighted by molar-refractivity contribution is 5.98. The van der Waals surface area contributed by atoms with E-state index in [9.17, 15) is 4.79 Å². The van der Waals surface area contributed by atoms with Crippen molar-refractivity contribution in [1.29, 1.82) is 0 Å². The van der Waals surface area contributed by atoms with Gasteiger partial charge in [-0.15, -0.1) is 0 Å². The van der Waals surface area contributed by atoms with E-state index in [4.69, 9.17) is 4.98 Å². The van der Waals surface area contributed by atoms with E-state index < -0.39 is 0 Å². The maximum Gasteiger partial charge on any atom is 0.256 e. The van der Waals surface area contributed by atoms with Crippen molar-refractivity contribution in [3.63, 3.8) is 0 Å². The number of carbonyl (C=O) groups is 1. The molecule has 2 fully saturated rings. The molecule has 0 radical (unpaired) electrons. The van der Waals surface area contributed by atoms with Gasteiger partial charge in [0, 0.05) is 30.1 Å². The molecule has 2 aromatic heterocycles. The fourth-order valence-corrected chi connectivity index (χ4v) is 4.11. The molecule has 24 heavy (non-hydrogen) atoms. The van der Waals surface area contributed by atoms with E-state index in [-0.39, 0.29) is 11.9 Å². The van der Waals surface area contributed by atoms with E-state index in [2.05, 4.69) is 29.2 Å². The molecule has 2 aliphatic rings. The molecule has 2 atom stereocenters. The number of carbonyl (C=O) groups excluding carboxylic acids is 1. The van der Waals surface area contributed by atoms with Crippen molar-refractivity contribution < 1.29 is 4.79 Å². The molecule has 6 nitrogen and oxygen atoms in total. The molecule has 4 rings (SSSR count). The van der Waals surface area contributed by atoms with Gasteiger partial charge in [0.2, 0.25) is 0 Å². The molecule has 2 bridgehead atoms. The fraction of sp³-hybridized carbons (Fsp3) is 0.611. The van der Waals surface area contributed by atoms with Gasteiger partial charge in [-0.05, 0) is 52.6 Å². The van der Waals surface area contributed by atoms with E-state index in [1.807, 2.05) is 23.9 Å². The van der Waals surface area contributed by atoms with Gasteiger partial charge < -0.3 is 10.2 Å². The van der Waals surface area contributed by atoms with Gasteiger partial charge in [0.25, 0.3) is 5.91 Å². The van der Waals surface area contributed by atoms with E-state index in [0.29, 0.717) is 12.1 Å². The van der Waals surface area contributed by atoms with Crippen molar-refractivity contribution in [3.8, 4) is 0 Å². The minimum absolute atomic E-state index is 0.135. The summed E-state index contributed by atoms with van der Waals surface area (Å²) in [5.74, 6) is 0.135. The summed E-state index contributed by atoms with van der Waals surface area (Å²) in [4.78, 5) is 20.1. The Balaban J connectivity index is 1.73. The van der Waals surface area contributed by atoms with Gasteiger partial charge in [0.15, 0.2) is 5.65 Å². The van der Waals surface area contributed by atoms with Gasteiger partial charge in [-0.25, -0.2) is 9.67 Å². The van der Waals surface area contributed by atoms with Crippen LogP contribution in [0.15, 0.2) is 12.3 Å². The lowest BCUT2D eigenvalue weighted by molar-refractivity contribution is 0.0679. The minimum atomic E-state index is 0.135. The zero-order valence-electron chi connectivity index (χ0n) is 14.6. The highest BCUT2D eigenvalue weighted by Gasteiger charge is 2.38. The van der Waals surface area contributed by atoms with Crippen LogP contribution in [0.2, 0.25) is 0 Å². The number of aromatic nitrogens is 3. The molecule has 1 N–H and O–H groups in total. The van der Waals surface area contributed by atoms with Gasteiger partial charge >= 0.3 is 0 Å². The first-order valence-electron chi connectivity index (χ1n) is 8.94. The van der Waals surface area contributed by atoms with Crippen LogP contribution in [-0.2, 0) is 0 Å². The van der Waals surface area contributed by atoms with E-state index in [1.165, 1.54) is 0 Å². The fourth-order valence-electron chi connectivity index (χ4n) is 4.11. The predicted molar refractivity (Wildman–Crippen MR) is 93.1 cm³/mol. The Bertz CT molecular complexity index is 767. The molecule has 2 aliphatic heterocycles. The normalized spacial score (nSPS) is 23.9. The number of rotatable bonds is 2. The van der Waals surface area contributed by atoms with Crippen LogP contribution >= 0.6 is 0 Å². The van der Waals surface area contributed by atoms with E-state index >= 15 is 0 Å². The molecular formula is C18H25N5O. The Morgan fingerprint density at radius 3 is 2.88 bits per heavy atom. The van der Waals surface area contributed by atoms with Crippen LogP contribution in [-0.4, -0.2) is 50.7 Å². The van der Waals surface area contributed by atoms with Crippen molar-refractivity contribution in [2.24, 2.45) is 0 Å². The summed E-state index contributed by atoms with van der Waals surface area (Å²) in [6, 6.07) is 2.91. The van der Waals surface area contributed by atoms with Crippen LogP contribution in [0.3, 0.4) is 0 Å². The smallest absolute Gasteiger partial charge is 0.256 e. The first kappa shape index (κ1) is 15.6. The van der Waals surface area contributed by atoms with Crippen molar-refractivity contribution in [3.05, 3.63) is 23.5 Å². The Kier molecular flexibility index (Phi) is 3.79. The summed E-state index contributed by atoms with van der Waals surface area (Å²) in [5.41, 5.74) is 2.38. The highest BCUT2D eigenvalue weighted by atomic mass is 16.2. The minimum Gasteiger partial charge on any atom is -0.331 e. The maximum absolute atomic E-state index is 13.2. The second-order valence-electron chi connectivity index (χ2n) is 7.31. The van der Waals surface area contributed by atoms with Crippen molar-refractivity contribution in [2.75, 3.05) is 13.1 Å². The van der Waals surface area contributed by atoms with Crippen molar-refractivity contribution in [1.82, 2.24) is 25.0 Å². The van der Waals surface area contributed by atoms with Crippen LogP contribution < -0.4 is 5.32 Å². The average Bonchev–Trinajstić information content (AvgIpc) is 3.05. The Morgan fingerprint density at radius 1 is 1.29 bits per heavy atom. The van der Waals surface area contributed by atoms with Crippen LogP contribution in [0.5, 0.6) is 0 Å². The first-order valence-corrected chi connectivity index (χ1v) is 8.94. The third-order valence-corrected chi connectivity index (χ3v) is 5.37. The van der Waals surface area contributed by atoms with Crippen LogP contribution in [0, 0.1) is 6.92 Å². The van der Waals surface area contributed by atoms with Crippen LogP contribution in [0.4, 0.5) is 0 Å². The lowest BCUT2D eigenvalue weighted by atomic mass is 10.1. The number of aryl methyl sites for hydroxylation is 1. The zero-order valence-corrected chi connectivity index (χ0v) is 14.6. The molecule has 128 valence electrons. The highest BCUT2D eigenvalue weighted by Crippen LogP contribution is 2.30. The molecule has 0 saturated carbocycles. The summed E-state index contributed by atoms with van der Waals surface area (Å²) in [5, 5.41) is 8.82. The molecule has 2 saturated heterocycles. The number of fused-ring (bicyclic) bond motifs is 3. The Labute approximate surface area is 142 Å². The number of nitrogens with zero attached hydrogens (tertiary/aromatic N) is 4. The van der Waals surface area contributed by atoms with Gasteiger partial charge in [-0.2, -0.15) is 5.10 Å². The number of hydrogen-bond donors (Lipinski definition) is 1. The second kappa shape index (κ2) is 5.84. The van der Waals surface area contributed by atoms with E-state index in [1.54, 1.807) is 0 Å².